The molecule has 0 atom stereocenters. The van der Waals surface area contributed by atoms with Crippen molar-refractivity contribution in [3.63, 3.8) is 0 Å². The number of aryl methyl sites for hydroxylation is 2. The monoisotopic (exact) mass is 298 g/mol. The maximum absolute atomic E-state index is 6.16. The van der Waals surface area contributed by atoms with E-state index in [-0.39, 0.29) is 0 Å². The van der Waals surface area contributed by atoms with E-state index in [1.807, 2.05) is 4.57 Å². The van der Waals surface area contributed by atoms with Crippen LogP contribution in [0.2, 0.25) is 5.15 Å². The van der Waals surface area contributed by atoms with Crippen LogP contribution in [-0.4, -0.2) is 19.5 Å². The number of fused-ring (bicyclic) bond motifs is 1. The Morgan fingerprint density at radius 1 is 1.10 bits per heavy atom. The molecule has 1 aliphatic rings. The lowest BCUT2D eigenvalue weighted by molar-refractivity contribution is 0.887. The third-order valence-electron chi connectivity index (χ3n) is 4.05. The zero-order valence-electron chi connectivity index (χ0n) is 12.0. The van der Waals surface area contributed by atoms with E-state index in [1.165, 1.54) is 11.1 Å². The van der Waals surface area contributed by atoms with Crippen LogP contribution < -0.4 is 0 Å². The third-order valence-corrected chi connectivity index (χ3v) is 4.24. The van der Waals surface area contributed by atoms with Crippen LogP contribution in [0, 0.1) is 13.8 Å². The molecule has 21 heavy (non-hydrogen) atoms. The molecule has 0 aliphatic heterocycles. The van der Waals surface area contributed by atoms with Crippen LogP contribution in [0.15, 0.2) is 24.5 Å². The van der Waals surface area contributed by atoms with Gasteiger partial charge < -0.3 is 0 Å². The molecule has 0 radical (unpaired) electrons. The summed E-state index contributed by atoms with van der Waals surface area (Å²) >= 11 is 6.16. The summed E-state index contributed by atoms with van der Waals surface area (Å²) in [6.07, 6.45) is 4.12. The molecule has 1 fully saturated rings. The molecule has 2 heterocycles. The SMILES string of the molecule is Cc1cc2ncn(-c3cc(Cl)nc(C4CC4)n3)c2cc1C. The predicted octanol–water partition coefficient (Wildman–Crippen LogP) is 3.96. The number of hydrogen-bond donors (Lipinski definition) is 0. The lowest BCUT2D eigenvalue weighted by Crippen LogP contribution is -2.02. The molecule has 0 spiro atoms. The van der Waals surface area contributed by atoms with Gasteiger partial charge in [0.1, 0.15) is 23.1 Å². The number of halogens is 1. The van der Waals surface area contributed by atoms with Crippen LogP contribution in [0.25, 0.3) is 16.9 Å². The van der Waals surface area contributed by atoms with Crippen molar-refractivity contribution in [2.45, 2.75) is 32.6 Å². The molecule has 3 aromatic rings. The van der Waals surface area contributed by atoms with E-state index >= 15 is 0 Å². The molecule has 106 valence electrons. The van der Waals surface area contributed by atoms with Crippen LogP contribution in [-0.2, 0) is 0 Å². The van der Waals surface area contributed by atoms with E-state index < -0.39 is 0 Å². The molecule has 5 heteroatoms. The predicted molar refractivity (Wildman–Crippen MR) is 83.1 cm³/mol. The van der Waals surface area contributed by atoms with Gasteiger partial charge in [-0.25, -0.2) is 15.0 Å². The normalized spacial score (nSPS) is 14.8. The molecule has 1 aliphatic carbocycles. The average molecular weight is 299 g/mol. The second-order valence-corrected chi connectivity index (χ2v) is 6.11. The van der Waals surface area contributed by atoms with Crippen molar-refractivity contribution in [2.24, 2.45) is 0 Å². The number of hydrogen-bond acceptors (Lipinski definition) is 3. The number of nitrogens with zero attached hydrogens (tertiary/aromatic N) is 4. The molecule has 0 saturated heterocycles. The summed E-state index contributed by atoms with van der Waals surface area (Å²) in [6, 6.07) is 6.04. The second kappa shape index (κ2) is 4.53. The van der Waals surface area contributed by atoms with Gasteiger partial charge in [-0.2, -0.15) is 0 Å². The number of imidazole rings is 1. The van der Waals surface area contributed by atoms with Crippen LogP contribution >= 0.6 is 11.6 Å². The second-order valence-electron chi connectivity index (χ2n) is 5.72. The fourth-order valence-corrected chi connectivity index (χ4v) is 2.70. The van der Waals surface area contributed by atoms with Gasteiger partial charge in [-0.05, 0) is 49.9 Å². The third kappa shape index (κ3) is 2.20. The fraction of sp³-hybridized carbons (Fsp3) is 0.312. The molecule has 1 aromatic carbocycles. The Labute approximate surface area is 127 Å². The van der Waals surface area contributed by atoms with E-state index in [1.54, 1.807) is 12.4 Å². The standard InChI is InChI=1S/C16H15ClN4/c1-9-5-12-13(6-10(9)2)21(8-18-12)15-7-14(17)19-16(20-15)11-3-4-11/h5-8,11H,3-4H2,1-2H3. The first kappa shape index (κ1) is 12.8. The highest BCUT2D eigenvalue weighted by atomic mass is 35.5. The minimum atomic E-state index is 0.473. The minimum absolute atomic E-state index is 0.473. The van der Waals surface area contributed by atoms with Crippen molar-refractivity contribution in [2.75, 3.05) is 0 Å². The number of rotatable bonds is 2. The van der Waals surface area contributed by atoms with Crippen molar-refractivity contribution in [3.8, 4) is 5.82 Å². The van der Waals surface area contributed by atoms with Gasteiger partial charge in [0.2, 0.25) is 0 Å². The Morgan fingerprint density at radius 2 is 1.86 bits per heavy atom. The van der Waals surface area contributed by atoms with Crippen molar-refractivity contribution in [1.29, 1.82) is 0 Å². The van der Waals surface area contributed by atoms with Gasteiger partial charge in [-0.3, -0.25) is 4.57 Å². The summed E-state index contributed by atoms with van der Waals surface area (Å²) in [4.78, 5) is 13.5. The van der Waals surface area contributed by atoms with E-state index in [0.29, 0.717) is 11.1 Å². The van der Waals surface area contributed by atoms with Gasteiger partial charge in [-0.15, -0.1) is 0 Å². The Bertz CT molecular complexity index is 849. The van der Waals surface area contributed by atoms with E-state index in [9.17, 15) is 0 Å². The molecule has 0 bridgehead atoms. The molecule has 4 nitrogen and oxygen atoms in total. The maximum atomic E-state index is 6.16. The Hall–Kier alpha value is -1.94. The van der Waals surface area contributed by atoms with Crippen molar-refractivity contribution in [1.82, 2.24) is 19.5 Å². The zero-order valence-corrected chi connectivity index (χ0v) is 12.7. The lowest BCUT2D eigenvalue weighted by atomic mass is 10.1. The maximum Gasteiger partial charge on any atom is 0.143 e. The van der Waals surface area contributed by atoms with E-state index in [2.05, 4.69) is 40.9 Å². The molecule has 0 N–H and O–H groups in total. The number of benzene rings is 1. The van der Waals surface area contributed by atoms with Gasteiger partial charge in [0.05, 0.1) is 11.0 Å². The molecule has 0 amide bonds. The van der Waals surface area contributed by atoms with Gasteiger partial charge in [-0.1, -0.05) is 11.6 Å². The quantitative estimate of drug-likeness (QED) is 0.673. The summed E-state index contributed by atoms with van der Waals surface area (Å²) in [5, 5.41) is 0.493. The van der Waals surface area contributed by atoms with E-state index in [4.69, 9.17) is 11.6 Å². The van der Waals surface area contributed by atoms with Gasteiger partial charge >= 0.3 is 0 Å². The van der Waals surface area contributed by atoms with Crippen LogP contribution in [0.3, 0.4) is 0 Å². The van der Waals surface area contributed by atoms with Gasteiger partial charge in [0, 0.05) is 12.0 Å². The van der Waals surface area contributed by atoms with Crippen molar-refractivity contribution >= 4 is 22.6 Å². The Morgan fingerprint density at radius 3 is 2.62 bits per heavy atom. The Kier molecular flexibility index (Phi) is 2.76. The van der Waals surface area contributed by atoms with Crippen LogP contribution in [0.5, 0.6) is 0 Å². The summed E-state index contributed by atoms with van der Waals surface area (Å²) in [5.41, 5.74) is 4.51. The van der Waals surface area contributed by atoms with Crippen molar-refractivity contribution in [3.05, 3.63) is 46.6 Å². The first-order valence-electron chi connectivity index (χ1n) is 7.11. The summed E-state index contributed by atoms with van der Waals surface area (Å²) in [5.74, 6) is 2.12. The molecular formula is C16H15ClN4. The molecule has 0 unspecified atom stereocenters. The zero-order chi connectivity index (χ0) is 14.6. The lowest BCUT2D eigenvalue weighted by Gasteiger charge is -2.07. The molecule has 4 rings (SSSR count). The summed E-state index contributed by atoms with van der Waals surface area (Å²) < 4.78 is 1.99. The summed E-state index contributed by atoms with van der Waals surface area (Å²) in [7, 11) is 0. The van der Waals surface area contributed by atoms with Gasteiger partial charge in [0.15, 0.2) is 0 Å². The largest absolute Gasteiger partial charge is 0.283 e. The fourth-order valence-electron chi connectivity index (χ4n) is 2.52. The van der Waals surface area contributed by atoms with Gasteiger partial charge in [0.25, 0.3) is 0 Å². The number of aromatic nitrogens is 4. The first-order valence-corrected chi connectivity index (χ1v) is 7.49. The molecular weight excluding hydrogens is 284 g/mol. The highest BCUT2D eigenvalue weighted by Gasteiger charge is 2.27. The highest BCUT2D eigenvalue weighted by Crippen LogP contribution is 2.38. The molecule has 2 aromatic heterocycles. The first-order chi connectivity index (χ1) is 10.1. The summed E-state index contributed by atoms with van der Waals surface area (Å²) in [6.45, 7) is 4.20. The van der Waals surface area contributed by atoms with Crippen LogP contribution in [0.1, 0.15) is 35.7 Å². The highest BCUT2D eigenvalue weighted by molar-refractivity contribution is 6.29. The molecule has 1 saturated carbocycles. The minimum Gasteiger partial charge on any atom is -0.283 e. The topological polar surface area (TPSA) is 43.6 Å². The van der Waals surface area contributed by atoms with E-state index in [0.717, 1.165) is 35.5 Å². The van der Waals surface area contributed by atoms with Crippen molar-refractivity contribution < 1.29 is 0 Å². The van der Waals surface area contributed by atoms with Crippen LogP contribution in [0.4, 0.5) is 0 Å². The average Bonchev–Trinajstić information content (AvgIpc) is 3.22. The Balaban J connectivity index is 1.91. The smallest absolute Gasteiger partial charge is 0.143 e.